The number of hydrogen-bond donors (Lipinski definition) is 4. The van der Waals surface area contributed by atoms with Gasteiger partial charge in [0, 0.05) is 16.9 Å². The van der Waals surface area contributed by atoms with E-state index < -0.39 is 47.3 Å². The number of urea groups is 1. The fraction of sp³-hybridized carbons (Fsp3) is 0.323. The van der Waals surface area contributed by atoms with Crippen LogP contribution in [0.1, 0.15) is 65.1 Å². The SMILES string of the molecule is O=C(NC[C@@H](O)C(=O)O)c1ccc(CN(C(=O)Nc2ccc(Cl)c(C(F)(F)F)c2)c2ccc(C3CCCCC3)cc2)cc1. The van der Waals surface area contributed by atoms with Crippen LogP contribution < -0.4 is 15.5 Å². The monoisotopic (exact) mass is 617 g/mol. The van der Waals surface area contributed by atoms with Crippen LogP contribution in [0.15, 0.2) is 66.7 Å². The van der Waals surface area contributed by atoms with Gasteiger partial charge in [0.05, 0.1) is 23.7 Å². The Bertz CT molecular complexity index is 1440. The van der Waals surface area contributed by atoms with Crippen molar-refractivity contribution in [2.45, 2.75) is 56.8 Å². The summed E-state index contributed by atoms with van der Waals surface area (Å²) < 4.78 is 40.2. The molecule has 0 radical (unpaired) electrons. The molecule has 0 spiro atoms. The standard InChI is InChI=1S/C31H31ClF3N3O5/c32-26-15-12-23(16-25(26)31(33,34)35)37-30(43)38(24-13-10-21(11-14-24)20-4-2-1-3-5-20)18-19-6-8-22(9-7-19)28(40)36-17-27(39)29(41)42/h6-16,20,27,39H,1-5,17-18H2,(H,36,40)(H,37,43)(H,41,42)/t27-/m1/s1. The number of aliphatic hydroxyl groups excluding tert-OH is 1. The molecule has 0 bridgehead atoms. The molecule has 0 unspecified atom stereocenters. The normalized spacial score (nSPS) is 14.5. The van der Waals surface area contributed by atoms with Crippen molar-refractivity contribution in [2.75, 3.05) is 16.8 Å². The van der Waals surface area contributed by atoms with Crippen LogP contribution in [0.25, 0.3) is 0 Å². The maximum absolute atomic E-state index is 13.5. The number of amides is 3. The summed E-state index contributed by atoms with van der Waals surface area (Å²) in [5.74, 6) is -1.62. The molecular formula is C31H31ClF3N3O5. The zero-order chi connectivity index (χ0) is 31.1. The number of nitrogens with one attached hydrogen (secondary N) is 2. The maximum Gasteiger partial charge on any atom is 0.417 e. The number of aliphatic carboxylic acids is 1. The fourth-order valence-electron chi connectivity index (χ4n) is 4.98. The van der Waals surface area contributed by atoms with Crippen molar-refractivity contribution < 1.29 is 37.8 Å². The van der Waals surface area contributed by atoms with Crippen LogP contribution in [-0.2, 0) is 17.5 Å². The molecule has 1 saturated carbocycles. The highest BCUT2D eigenvalue weighted by Gasteiger charge is 2.33. The van der Waals surface area contributed by atoms with E-state index in [1.165, 1.54) is 35.1 Å². The molecule has 228 valence electrons. The second kappa shape index (κ2) is 13.9. The number of anilines is 2. The Morgan fingerprint density at radius 2 is 1.60 bits per heavy atom. The summed E-state index contributed by atoms with van der Waals surface area (Å²) in [4.78, 5) is 38.0. The Morgan fingerprint density at radius 1 is 0.953 bits per heavy atom. The van der Waals surface area contributed by atoms with Gasteiger partial charge in [0.2, 0.25) is 0 Å². The number of carboxylic acid groups (broad SMARTS) is 1. The molecule has 1 fully saturated rings. The molecule has 1 aliphatic rings. The number of carbonyl (C=O) groups excluding carboxylic acids is 2. The molecular weight excluding hydrogens is 587 g/mol. The molecule has 1 aliphatic carbocycles. The van der Waals surface area contributed by atoms with E-state index in [1.807, 2.05) is 24.3 Å². The average molecular weight is 618 g/mol. The first-order valence-corrected chi connectivity index (χ1v) is 14.1. The zero-order valence-corrected chi connectivity index (χ0v) is 23.8. The summed E-state index contributed by atoms with van der Waals surface area (Å²) in [6, 6.07) is 16.2. The van der Waals surface area contributed by atoms with Crippen molar-refractivity contribution in [1.82, 2.24) is 5.32 Å². The largest absolute Gasteiger partial charge is 0.479 e. The Morgan fingerprint density at radius 3 is 2.21 bits per heavy atom. The van der Waals surface area contributed by atoms with E-state index in [-0.39, 0.29) is 17.8 Å². The first-order chi connectivity index (χ1) is 20.4. The minimum atomic E-state index is -4.70. The minimum absolute atomic E-state index is 0.0218. The van der Waals surface area contributed by atoms with Gasteiger partial charge in [-0.25, -0.2) is 9.59 Å². The molecule has 0 saturated heterocycles. The van der Waals surface area contributed by atoms with Crippen LogP contribution in [0.2, 0.25) is 5.02 Å². The van der Waals surface area contributed by atoms with Gasteiger partial charge in [-0.05, 0) is 72.4 Å². The van der Waals surface area contributed by atoms with Crippen molar-refractivity contribution in [1.29, 1.82) is 0 Å². The third-order valence-electron chi connectivity index (χ3n) is 7.35. The zero-order valence-electron chi connectivity index (χ0n) is 23.0. The second-order valence-electron chi connectivity index (χ2n) is 10.4. The van der Waals surface area contributed by atoms with Crippen molar-refractivity contribution in [3.8, 4) is 0 Å². The van der Waals surface area contributed by atoms with Crippen molar-refractivity contribution in [2.24, 2.45) is 0 Å². The predicted octanol–water partition coefficient (Wildman–Crippen LogP) is 6.82. The number of benzene rings is 3. The molecule has 0 heterocycles. The molecule has 8 nitrogen and oxygen atoms in total. The van der Waals surface area contributed by atoms with E-state index in [0.29, 0.717) is 17.2 Å². The number of nitrogens with zero attached hydrogens (tertiary/aromatic N) is 1. The van der Waals surface area contributed by atoms with Gasteiger partial charge in [0.25, 0.3) is 5.91 Å². The predicted molar refractivity (Wildman–Crippen MR) is 156 cm³/mol. The fourth-order valence-corrected chi connectivity index (χ4v) is 5.20. The Balaban J connectivity index is 1.55. The summed E-state index contributed by atoms with van der Waals surface area (Å²) in [5.41, 5.74) is 1.35. The third-order valence-corrected chi connectivity index (χ3v) is 7.68. The van der Waals surface area contributed by atoms with Gasteiger partial charge in [0.1, 0.15) is 0 Å². The smallest absolute Gasteiger partial charge is 0.417 e. The number of aliphatic hydroxyl groups is 1. The summed E-state index contributed by atoms with van der Waals surface area (Å²) in [7, 11) is 0. The van der Waals surface area contributed by atoms with Gasteiger partial charge >= 0.3 is 18.2 Å². The lowest BCUT2D eigenvalue weighted by molar-refractivity contribution is -0.146. The molecule has 0 aromatic heterocycles. The van der Waals surface area contributed by atoms with Crippen molar-refractivity contribution in [3.05, 3.63) is 94.0 Å². The number of hydrogen-bond acceptors (Lipinski definition) is 4. The van der Waals surface area contributed by atoms with E-state index in [2.05, 4.69) is 10.6 Å². The Kier molecular flexibility index (Phi) is 10.3. The summed E-state index contributed by atoms with van der Waals surface area (Å²) in [6.07, 6.45) is -0.715. The topological polar surface area (TPSA) is 119 Å². The second-order valence-corrected chi connectivity index (χ2v) is 10.8. The lowest BCUT2D eigenvalue weighted by Gasteiger charge is -2.26. The van der Waals surface area contributed by atoms with Gasteiger partial charge in [-0.15, -0.1) is 0 Å². The van der Waals surface area contributed by atoms with E-state index in [0.717, 1.165) is 37.8 Å². The maximum atomic E-state index is 13.5. The van der Waals surface area contributed by atoms with Gasteiger partial charge in [-0.2, -0.15) is 13.2 Å². The van der Waals surface area contributed by atoms with Crippen LogP contribution in [0.4, 0.5) is 29.3 Å². The van der Waals surface area contributed by atoms with Gasteiger partial charge < -0.3 is 20.8 Å². The van der Waals surface area contributed by atoms with Gasteiger partial charge in [0.15, 0.2) is 6.10 Å². The van der Waals surface area contributed by atoms with E-state index >= 15 is 0 Å². The Hall–Kier alpha value is -4.09. The van der Waals surface area contributed by atoms with E-state index in [1.54, 1.807) is 12.1 Å². The number of alkyl halides is 3. The third kappa shape index (κ3) is 8.48. The molecule has 4 N–H and O–H groups in total. The van der Waals surface area contributed by atoms with Crippen LogP contribution in [0.3, 0.4) is 0 Å². The molecule has 4 rings (SSSR count). The minimum Gasteiger partial charge on any atom is -0.479 e. The van der Waals surface area contributed by atoms with Crippen molar-refractivity contribution >= 4 is 40.9 Å². The van der Waals surface area contributed by atoms with Crippen LogP contribution in [0, 0.1) is 0 Å². The highest BCUT2D eigenvalue weighted by molar-refractivity contribution is 6.31. The number of carbonyl (C=O) groups is 3. The summed E-state index contributed by atoms with van der Waals surface area (Å²) >= 11 is 5.74. The van der Waals surface area contributed by atoms with Crippen molar-refractivity contribution in [3.63, 3.8) is 0 Å². The lowest BCUT2D eigenvalue weighted by atomic mass is 9.84. The summed E-state index contributed by atoms with van der Waals surface area (Å²) in [5, 5.41) is 22.5. The highest BCUT2D eigenvalue weighted by atomic mass is 35.5. The lowest BCUT2D eigenvalue weighted by Crippen LogP contribution is -2.36. The average Bonchev–Trinajstić information content (AvgIpc) is 2.99. The molecule has 3 aromatic carbocycles. The molecule has 12 heteroatoms. The first kappa shape index (κ1) is 31.8. The highest BCUT2D eigenvalue weighted by Crippen LogP contribution is 2.37. The van der Waals surface area contributed by atoms with Gasteiger partial charge in [-0.3, -0.25) is 9.69 Å². The quantitative estimate of drug-likeness (QED) is 0.210. The van der Waals surface area contributed by atoms with Gasteiger partial charge in [-0.1, -0.05) is 55.1 Å². The molecule has 1 atom stereocenters. The molecule has 3 aromatic rings. The number of halogens is 4. The first-order valence-electron chi connectivity index (χ1n) is 13.8. The van der Waals surface area contributed by atoms with E-state index in [4.69, 9.17) is 16.7 Å². The molecule has 43 heavy (non-hydrogen) atoms. The molecule has 0 aliphatic heterocycles. The Labute approximate surface area is 251 Å². The van der Waals surface area contributed by atoms with Crippen LogP contribution in [0.5, 0.6) is 0 Å². The summed E-state index contributed by atoms with van der Waals surface area (Å²) in [6.45, 7) is -0.449. The molecule has 3 amide bonds. The van der Waals surface area contributed by atoms with Crippen LogP contribution >= 0.6 is 11.6 Å². The number of carboxylic acids is 1. The van der Waals surface area contributed by atoms with E-state index in [9.17, 15) is 32.7 Å². The number of rotatable bonds is 9. The van der Waals surface area contributed by atoms with Crippen LogP contribution in [-0.4, -0.2) is 40.8 Å².